The smallest absolute Gasteiger partial charge is 0.251 e. The number of amides is 1. The van der Waals surface area contributed by atoms with Crippen molar-refractivity contribution in [3.63, 3.8) is 0 Å². The van der Waals surface area contributed by atoms with Crippen molar-refractivity contribution in [3.8, 4) is 5.75 Å². The van der Waals surface area contributed by atoms with Crippen molar-refractivity contribution in [1.82, 2.24) is 5.32 Å². The van der Waals surface area contributed by atoms with Gasteiger partial charge in [-0.1, -0.05) is 56.0 Å². The number of carbonyl (C=O) groups excluding carboxylic acids is 1. The van der Waals surface area contributed by atoms with Crippen LogP contribution in [0.5, 0.6) is 5.75 Å². The molecule has 2 aromatic rings. The largest absolute Gasteiger partial charge is 0.496 e. The van der Waals surface area contributed by atoms with Crippen LogP contribution in [0.4, 0.5) is 0 Å². The minimum Gasteiger partial charge on any atom is -0.496 e. The zero-order chi connectivity index (χ0) is 18.9. The van der Waals surface area contributed by atoms with Crippen molar-refractivity contribution in [3.05, 3.63) is 65.2 Å². The minimum absolute atomic E-state index is 0.00568. The number of carbonyl (C=O) groups is 1. The van der Waals surface area contributed by atoms with Crippen molar-refractivity contribution in [2.45, 2.75) is 57.8 Å². The Morgan fingerprint density at radius 2 is 1.74 bits per heavy atom. The van der Waals surface area contributed by atoms with Crippen LogP contribution in [-0.2, 0) is 18.0 Å². The monoisotopic (exact) mass is 367 g/mol. The van der Waals surface area contributed by atoms with E-state index < -0.39 is 0 Å². The predicted molar refractivity (Wildman–Crippen MR) is 107 cm³/mol. The Morgan fingerprint density at radius 1 is 1.00 bits per heavy atom. The summed E-state index contributed by atoms with van der Waals surface area (Å²) in [6.07, 6.45) is 7.11. The molecule has 0 atom stereocenters. The first-order valence-corrected chi connectivity index (χ1v) is 9.85. The van der Waals surface area contributed by atoms with Crippen molar-refractivity contribution >= 4 is 5.91 Å². The maximum Gasteiger partial charge on any atom is 0.251 e. The summed E-state index contributed by atoms with van der Waals surface area (Å²) in [6, 6.07) is 15.9. The van der Waals surface area contributed by atoms with Crippen molar-refractivity contribution < 1.29 is 14.3 Å². The minimum atomic E-state index is -0.00568. The van der Waals surface area contributed by atoms with Gasteiger partial charge < -0.3 is 14.8 Å². The van der Waals surface area contributed by atoms with Gasteiger partial charge in [-0.2, -0.15) is 0 Å². The van der Waals surface area contributed by atoms with E-state index >= 15 is 0 Å². The van der Waals surface area contributed by atoms with Gasteiger partial charge in [0.15, 0.2) is 0 Å². The molecule has 0 aliphatic heterocycles. The summed E-state index contributed by atoms with van der Waals surface area (Å²) >= 11 is 0. The molecule has 0 aromatic heterocycles. The molecule has 1 fully saturated rings. The third-order valence-electron chi connectivity index (χ3n) is 5.10. The lowest BCUT2D eigenvalue weighted by Gasteiger charge is -2.17. The molecule has 4 nitrogen and oxygen atoms in total. The first kappa shape index (κ1) is 19.4. The van der Waals surface area contributed by atoms with Crippen molar-refractivity contribution in [2.24, 2.45) is 0 Å². The summed E-state index contributed by atoms with van der Waals surface area (Å²) in [5.41, 5.74) is 2.68. The normalized spacial score (nSPS) is 15.1. The molecule has 0 unspecified atom stereocenters. The van der Waals surface area contributed by atoms with Gasteiger partial charge in [0.05, 0.1) is 20.3 Å². The Hall–Kier alpha value is -2.33. The van der Waals surface area contributed by atoms with E-state index in [0.29, 0.717) is 24.8 Å². The third kappa shape index (κ3) is 5.83. The topological polar surface area (TPSA) is 47.6 Å². The summed E-state index contributed by atoms with van der Waals surface area (Å²) in [7, 11) is 1.64. The second-order valence-electron chi connectivity index (χ2n) is 7.17. The van der Waals surface area contributed by atoms with Crippen LogP contribution >= 0.6 is 0 Å². The van der Waals surface area contributed by atoms with E-state index in [-0.39, 0.29) is 5.91 Å². The van der Waals surface area contributed by atoms with Gasteiger partial charge in [0.2, 0.25) is 0 Å². The molecule has 0 saturated heterocycles. The number of rotatable bonds is 7. The zero-order valence-electron chi connectivity index (χ0n) is 16.1. The number of hydrogen-bond acceptors (Lipinski definition) is 3. The average molecular weight is 367 g/mol. The molecule has 3 rings (SSSR count). The molecule has 1 aliphatic rings. The molecular weight excluding hydrogens is 338 g/mol. The van der Waals surface area contributed by atoms with E-state index in [2.05, 4.69) is 5.32 Å². The highest BCUT2D eigenvalue weighted by Crippen LogP contribution is 2.22. The highest BCUT2D eigenvalue weighted by Gasteiger charge is 2.17. The molecule has 4 heteroatoms. The summed E-state index contributed by atoms with van der Waals surface area (Å²) < 4.78 is 11.3. The number of methoxy groups -OCH3 is 1. The summed E-state index contributed by atoms with van der Waals surface area (Å²) in [6.45, 7) is 0.936. The van der Waals surface area contributed by atoms with Gasteiger partial charge in [-0.3, -0.25) is 4.79 Å². The van der Waals surface area contributed by atoms with Gasteiger partial charge in [-0.15, -0.1) is 0 Å². The van der Waals surface area contributed by atoms with E-state index in [9.17, 15) is 4.79 Å². The van der Waals surface area contributed by atoms with Gasteiger partial charge in [-0.05, 0) is 36.6 Å². The Labute approximate surface area is 161 Å². The van der Waals surface area contributed by atoms with Crippen LogP contribution in [0.2, 0.25) is 0 Å². The Balaban J connectivity index is 1.62. The molecule has 0 spiro atoms. The molecule has 144 valence electrons. The van der Waals surface area contributed by atoms with Crippen LogP contribution in [-0.4, -0.2) is 19.1 Å². The average Bonchev–Trinajstić information content (AvgIpc) is 2.97. The second kappa shape index (κ2) is 10.1. The van der Waals surface area contributed by atoms with E-state index in [1.54, 1.807) is 7.11 Å². The maximum absolute atomic E-state index is 12.7. The summed E-state index contributed by atoms with van der Waals surface area (Å²) in [5, 5.41) is 3.20. The van der Waals surface area contributed by atoms with Crippen LogP contribution in [0, 0.1) is 0 Å². The second-order valence-corrected chi connectivity index (χ2v) is 7.17. The molecule has 1 aliphatic carbocycles. The quantitative estimate of drug-likeness (QED) is 0.711. The van der Waals surface area contributed by atoms with Crippen molar-refractivity contribution in [1.29, 1.82) is 0 Å². The maximum atomic E-state index is 12.7. The van der Waals surface area contributed by atoms with Gasteiger partial charge in [-0.25, -0.2) is 0 Å². The molecular formula is C23H29NO3. The number of ether oxygens (including phenoxy) is 2. The molecule has 2 aromatic carbocycles. The number of nitrogens with one attached hydrogen (secondary N) is 1. The molecule has 27 heavy (non-hydrogen) atoms. The molecule has 1 N–H and O–H groups in total. The Morgan fingerprint density at radius 3 is 2.44 bits per heavy atom. The molecule has 1 saturated carbocycles. The lowest BCUT2D eigenvalue weighted by Crippen LogP contribution is -2.34. The van der Waals surface area contributed by atoms with Crippen LogP contribution in [0.3, 0.4) is 0 Å². The van der Waals surface area contributed by atoms with Crippen LogP contribution < -0.4 is 10.1 Å². The fourth-order valence-electron chi connectivity index (χ4n) is 3.58. The zero-order valence-corrected chi connectivity index (χ0v) is 16.1. The van der Waals surface area contributed by atoms with E-state index in [0.717, 1.165) is 29.7 Å². The standard InChI is InChI=1S/C23H29NO3/c1-26-22-14-13-19(23(25)24-21-11-7-2-3-8-12-21)15-20(22)17-27-16-18-9-5-4-6-10-18/h4-6,9-10,13-15,21H,2-3,7-8,11-12,16-17H2,1H3,(H,24,25). The lowest BCUT2D eigenvalue weighted by atomic mass is 10.1. The van der Waals surface area contributed by atoms with E-state index in [4.69, 9.17) is 9.47 Å². The molecule has 1 amide bonds. The van der Waals surface area contributed by atoms with Crippen LogP contribution in [0.15, 0.2) is 48.5 Å². The highest BCUT2D eigenvalue weighted by molar-refractivity contribution is 5.94. The Bertz CT molecular complexity index is 722. The van der Waals surface area contributed by atoms with E-state index in [1.165, 1.54) is 25.7 Å². The van der Waals surface area contributed by atoms with Gasteiger partial charge in [0.1, 0.15) is 5.75 Å². The van der Waals surface area contributed by atoms with Crippen LogP contribution in [0.1, 0.15) is 60.0 Å². The Kier molecular flexibility index (Phi) is 7.28. The first-order chi connectivity index (χ1) is 13.3. The van der Waals surface area contributed by atoms with Gasteiger partial charge in [0.25, 0.3) is 5.91 Å². The molecule has 0 heterocycles. The predicted octanol–water partition coefficient (Wildman–Crippen LogP) is 4.86. The van der Waals surface area contributed by atoms with E-state index in [1.807, 2.05) is 48.5 Å². The summed E-state index contributed by atoms with van der Waals surface area (Å²) in [4.78, 5) is 12.7. The number of benzene rings is 2. The van der Waals surface area contributed by atoms with Crippen LogP contribution in [0.25, 0.3) is 0 Å². The lowest BCUT2D eigenvalue weighted by molar-refractivity contribution is 0.0931. The fraction of sp³-hybridized carbons (Fsp3) is 0.435. The fourth-order valence-corrected chi connectivity index (χ4v) is 3.58. The SMILES string of the molecule is COc1ccc(C(=O)NC2CCCCCC2)cc1COCc1ccccc1. The highest BCUT2D eigenvalue weighted by atomic mass is 16.5. The molecule has 0 bridgehead atoms. The van der Waals surface area contributed by atoms with Gasteiger partial charge in [0, 0.05) is 17.2 Å². The number of hydrogen-bond donors (Lipinski definition) is 1. The summed E-state index contributed by atoms with van der Waals surface area (Å²) in [5.74, 6) is 0.739. The third-order valence-corrected chi connectivity index (χ3v) is 5.10. The first-order valence-electron chi connectivity index (χ1n) is 9.85. The molecule has 0 radical (unpaired) electrons. The van der Waals surface area contributed by atoms with Crippen molar-refractivity contribution in [2.75, 3.05) is 7.11 Å². The van der Waals surface area contributed by atoms with Gasteiger partial charge >= 0.3 is 0 Å².